The van der Waals surface area contributed by atoms with Crippen LogP contribution in [-0.4, -0.2) is 0 Å². The number of anilines is 1. The first-order valence-electron chi connectivity index (χ1n) is 4.23. The van der Waals surface area contributed by atoms with Gasteiger partial charge in [0.25, 0.3) is 0 Å². The van der Waals surface area contributed by atoms with E-state index in [-0.39, 0.29) is 0 Å². The Bertz CT molecular complexity index is 463. The van der Waals surface area contributed by atoms with E-state index in [2.05, 4.69) is 34.4 Å². The van der Waals surface area contributed by atoms with Crippen LogP contribution in [0.3, 0.4) is 0 Å². The third-order valence-electron chi connectivity index (χ3n) is 2.30. The number of nitrogens with two attached hydrogens (primary N) is 1. The first kappa shape index (κ1) is 8.52. The molecule has 2 aromatic rings. The van der Waals surface area contributed by atoms with E-state index in [4.69, 9.17) is 5.73 Å². The average Bonchev–Trinajstić information content (AvgIpc) is 2.09. The predicted molar refractivity (Wildman–Crippen MR) is 62.4 cm³/mol. The van der Waals surface area contributed by atoms with Crippen molar-refractivity contribution in [3.8, 4) is 0 Å². The second-order valence-corrected chi connectivity index (χ2v) is 3.90. The molecule has 13 heavy (non-hydrogen) atoms. The third-order valence-corrected chi connectivity index (χ3v) is 2.92. The van der Waals surface area contributed by atoms with Crippen molar-refractivity contribution in [1.82, 2.24) is 0 Å². The van der Waals surface area contributed by atoms with Gasteiger partial charge in [0.2, 0.25) is 0 Å². The van der Waals surface area contributed by atoms with Gasteiger partial charge in [-0.3, -0.25) is 0 Å². The number of rotatable bonds is 0. The molecule has 2 N–H and O–H groups in total. The zero-order chi connectivity index (χ0) is 9.42. The van der Waals surface area contributed by atoms with Crippen molar-refractivity contribution in [2.45, 2.75) is 6.92 Å². The Labute approximate surface area is 80.1 Å². The lowest BCUT2D eigenvalue weighted by molar-refractivity contribution is 1.55. The molecule has 0 aliphatic rings. The molecule has 0 fully saturated rings. The average molecular weight is 189 g/mol. The molecule has 0 aromatic heterocycles. The minimum atomic E-state index is 0.852. The highest BCUT2D eigenvalue weighted by molar-refractivity contribution is 7.27. The van der Waals surface area contributed by atoms with Crippen LogP contribution in [0.2, 0.25) is 0 Å². The fourth-order valence-corrected chi connectivity index (χ4v) is 1.74. The Morgan fingerprint density at radius 1 is 1.23 bits per heavy atom. The molecule has 0 saturated heterocycles. The monoisotopic (exact) mass is 189 g/mol. The van der Waals surface area contributed by atoms with Crippen LogP contribution in [0.4, 0.5) is 5.69 Å². The van der Waals surface area contributed by atoms with Crippen LogP contribution < -0.4 is 11.0 Å². The van der Waals surface area contributed by atoms with Gasteiger partial charge in [0.1, 0.15) is 0 Å². The summed E-state index contributed by atoms with van der Waals surface area (Å²) >= 11 is 0. The maximum atomic E-state index is 5.87. The summed E-state index contributed by atoms with van der Waals surface area (Å²) in [5, 5.41) is 3.58. The molecule has 0 amide bonds. The van der Waals surface area contributed by atoms with Crippen molar-refractivity contribution >= 4 is 31.0 Å². The normalized spacial score (nSPS) is 10.6. The van der Waals surface area contributed by atoms with E-state index < -0.39 is 0 Å². The van der Waals surface area contributed by atoms with Gasteiger partial charge < -0.3 is 5.73 Å². The maximum absolute atomic E-state index is 5.87. The first-order chi connectivity index (χ1) is 6.18. The van der Waals surface area contributed by atoms with Crippen LogP contribution in [0.1, 0.15) is 5.56 Å². The zero-order valence-electron chi connectivity index (χ0n) is 7.54. The van der Waals surface area contributed by atoms with Crippen molar-refractivity contribution < 1.29 is 0 Å². The van der Waals surface area contributed by atoms with Gasteiger partial charge in [0.15, 0.2) is 0 Å². The zero-order valence-corrected chi connectivity index (χ0v) is 8.70. The number of fused-ring (bicyclic) bond motifs is 1. The largest absolute Gasteiger partial charge is 0.398 e. The van der Waals surface area contributed by atoms with Crippen LogP contribution in [0.15, 0.2) is 30.3 Å². The fourth-order valence-electron chi connectivity index (χ4n) is 1.48. The van der Waals surface area contributed by atoms with E-state index >= 15 is 0 Å². The Hall–Kier alpha value is -1.07. The summed E-state index contributed by atoms with van der Waals surface area (Å²) in [6.07, 6.45) is 0. The number of hydrogen-bond acceptors (Lipinski definition) is 1. The summed E-state index contributed by atoms with van der Waals surface area (Å²) in [5.74, 6) is 0. The van der Waals surface area contributed by atoms with Gasteiger partial charge in [-0.2, -0.15) is 0 Å². The molecule has 0 aliphatic carbocycles. The molecule has 0 heterocycles. The van der Waals surface area contributed by atoms with Crippen molar-refractivity contribution in [2.24, 2.45) is 0 Å². The van der Waals surface area contributed by atoms with Crippen LogP contribution >= 0.6 is 9.24 Å². The molecule has 1 atom stereocenters. The van der Waals surface area contributed by atoms with E-state index in [1.807, 2.05) is 12.1 Å². The highest BCUT2D eigenvalue weighted by atomic mass is 31.0. The molecule has 0 spiro atoms. The van der Waals surface area contributed by atoms with Gasteiger partial charge in [-0.1, -0.05) is 12.1 Å². The van der Waals surface area contributed by atoms with Crippen LogP contribution in [0, 0.1) is 6.92 Å². The highest BCUT2D eigenvalue weighted by Crippen LogP contribution is 2.21. The molecule has 0 aliphatic heterocycles. The SMILES string of the molecule is Cc1cc2c(N)cccc2cc1P. The smallest absolute Gasteiger partial charge is 0.0393 e. The van der Waals surface area contributed by atoms with Crippen molar-refractivity contribution in [3.63, 3.8) is 0 Å². The van der Waals surface area contributed by atoms with Crippen LogP contribution in [-0.2, 0) is 0 Å². The second kappa shape index (κ2) is 3.01. The van der Waals surface area contributed by atoms with E-state index in [0.29, 0.717) is 0 Å². The Kier molecular flexibility index (Phi) is 1.97. The minimum absolute atomic E-state index is 0.852. The summed E-state index contributed by atoms with van der Waals surface area (Å²) in [4.78, 5) is 0. The van der Waals surface area contributed by atoms with E-state index in [1.165, 1.54) is 16.3 Å². The lowest BCUT2D eigenvalue weighted by atomic mass is 10.1. The quantitative estimate of drug-likeness (QED) is 0.499. The van der Waals surface area contributed by atoms with Gasteiger partial charge in [0, 0.05) is 11.1 Å². The molecule has 2 rings (SSSR count). The molecule has 66 valence electrons. The lowest BCUT2D eigenvalue weighted by Crippen LogP contribution is -1.97. The van der Waals surface area contributed by atoms with Crippen molar-refractivity contribution in [3.05, 3.63) is 35.9 Å². The first-order valence-corrected chi connectivity index (χ1v) is 4.80. The molecule has 0 bridgehead atoms. The van der Waals surface area contributed by atoms with Crippen LogP contribution in [0.25, 0.3) is 10.8 Å². The summed E-state index contributed by atoms with van der Waals surface area (Å²) in [5.41, 5.74) is 7.98. The Morgan fingerprint density at radius 3 is 2.77 bits per heavy atom. The molecule has 2 heteroatoms. The Morgan fingerprint density at radius 2 is 2.00 bits per heavy atom. The number of hydrogen-bond donors (Lipinski definition) is 1. The summed E-state index contributed by atoms with van der Waals surface area (Å²) < 4.78 is 0. The molecule has 0 saturated carbocycles. The topological polar surface area (TPSA) is 26.0 Å². The van der Waals surface area contributed by atoms with Gasteiger partial charge in [0.05, 0.1) is 0 Å². The van der Waals surface area contributed by atoms with E-state index in [9.17, 15) is 0 Å². The fraction of sp³-hybridized carbons (Fsp3) is 0.0909. The van der Waals surface area contributed by atoms with E-state index in [1.54, 1.807) is 0 Å². The highest BCUT2D eigenvalue weighted by Gasteiger charge is 1.99. The second-order valence-electron chi connectivity index (χ2n) is 3.28. The van der Waals surface area contributed by atoms with Gasteiger partial charge >= 0.3 is 0 Å². The lowest BCUT2D eigenvalue weighted by Gasteiger charge is -2.05. The Balaban J connectivity index is 2.89. The number of benzene rings is 2. The molecule has 1 nitrogen and oxygen atoms in total. The molecular weight excluding hydrogens is 177 g/mol. The summed E-state index contributed by atoms with van der Waals surface area (Å²) in [6.45, 7) is 2.09. The maximum Gasteiger partial charge on any atom is 0.0393 e. The van der Waals surface area contributed by atoms with Gasteiger partial charge in [-0.05, 0) is 41.4 Å². The van der Waals surface area contributed by atoms with Crippen molar-refractivity contribution in [2.75, 3.05) is 5.73 Å². The minimum Gasteiger partial charge on any atom is -0.398 e. The van der Waals surface area contributed by atoms with E-state index in [0.717, 1.165) is 11.1 Å². The molecular formula is C11H12NP. The molecule has 1 unspecified atom stereocenters. The van der Waals surface area contributed by atoms with Gasteiger partial charge in [-0.15, -0.1) is 9.24 Å². The van der Waals surface area contributed by atoms with Crippen molar-refractivity contribution in [1.29, 1.82) is 0 Å². The van der Waals surface area contributed by atoms with Gasteiger partial charge in [-0.25, -0.2) is 0 Å². The molecule has 0 radical (unpaired) electrons. The predicted octanol–water partition coefficient (Wildman–Crippen LogP) is 2.23. The number of nitrogen functional groups attached to an aromatic ring is 1. The third kappa shape index (κ3) is 1.40. The number of aryl methyl sites for hydroxylation is 1. The summed E-state index contributed by atoms with van der Waals surface area (Å²) in [6, 6.07) is 10.3. The molecule has 2 aromatic carbocycles. The van der Waals surface area contributed by atoms with Crippen LogP contribution in [0.5, 0.6) is 0 Å². The standard InChI is InChI=1S/C11H12NP/c1-7-5-9-8(6-11(7)13)3-2-4-10(9)12/h2-6H,12-13H2,1H3. The summed E-state index contributed by atoms with van der Waals surface area (Å²) in [7, 11) is 2.74.